The largest absolute Gasteiger partial charge is 0.453 e. The molecule has 0 saturated carbocycles. The molecule has 0 aliphatic carbocycles. The van der Waals surface area contributed by atoms with E-state index in [0.29, 0.717) is 13.1 Å². The van der Waals surface area contributed by atoms with Crippen LogP contribution in [0.1, 0.15) is 38.8 Å². The van der Waals surface area contributed by atoms with Gasteiger partial charge in [0.25, 0.3) is 0 Å². The topological polar surface area (TPSA) is 29.5 Å². The fourth-order valence-corrected chi connectivity index (χ4v) is 2.40. The van der Waals surface area contributed by atoms with Crippen LogP contribution in [0.25, 0.3) is 0 Å². The van der Waals surface area contributed by atoms with Gasteiger partial charge in [0.15, 0.2) is 0 Å². The molecule has 0 unspecified atom stereocenters. The molecule has 0 radical (unpaired) electrons. The molecule has 1 heterocycles. The van der Waals surface area contributed by atoms with Gasteiger partial charge in [-0.2, -0.15) is 0 Å². The minimum atomic E-state index is -0.248. The number of ether oxygens (including phenoxy) is 1. The number of methoxy groups -OCH3 is 1. The van der Waals surface area contributed by atoms with E-state index in [4.69, 9.17) is 4.74 Å². The van der Waals surface area contributed by atoms with Crippen molar-refractivity contribution < 1.29 is 9.53 Å². The molecule has 0 aromatic heterocycles. The normalized spacial score (nSPS) is 16.2. The van der Waals surface area contributed by atoms with Crippen molar-refractivity contribution in [1.82, 2.24) is 4.90 Å². The van der Waals surface area contributed by atoms with Crippen molar-refractivity contribution in [1.29, 1.82) is 0 Å². The Labute approximate surface area is 110 Å². The summed E-state index contributed by atoms with van der Waals surface area (Å²) in [5.41, 5.74) is 2.53. The monoisotopic (exact) mass is 249 g/mol. The summed E-state index contributed by atoms with van der Waals surface area (Å²) < 4.78 is 4.79. The molecule has 2 rings (SSSR count). The molecule has 3 nitrogen and oxygen atoms in total. The maximum absolute atomic E-state index is 11.6. The third kappa shape index (κ3) is 2.84. The molecule has 3 heteroatoms. The van der Waals surface area contributed by atoms with Crippen LogP contribution in [-0.4, -0.2) is 24.6 Å². The van der Waals surface area contributed by atoms with Gasteiger partial charge in [0.1, 0.15) is 0 Å². The summed E-state index contributed by atoms with van der Waals surface area (Å²) in [4.78, 5) is 13.3. The lowest BCUT2D eigenvalue weighted by Gasteiger charge is -2.39. The Hall–Kier alpha value is -1.51. The Bertz CT molecular complexity index is 413. The molecule has 1 aliphatic rings. The van der Waals surface area contributed by atoms with Crippen LogP contribution in [0.5, 0.6) is 0 Å². The molecule has 1 aromatic carbocycles. The van der Waals surface area contributed by atoms with E-state index in [1.807, 2.05) is 26.0 Å². The first-order valence-corrected chi connectivity index (χ1v) is 6.46. The van der Waals surface area contributed by atoms with E-state index in [1.165, 1.54) is 18.2 Å². The van der Waals surface area contributed by atoms with Crippen LogP contribution in [0, 0.1) is 0 Å². The van der Waals surface area contributed by atoms with E-state index in [9.17, 15) is 4.79 Å². The van der Waals surface area contributed by atoms with E-state index < -0.39 is 0 Å². The molecular weight excluding hydrogens is 226 g/mol. The average Bonchev–Trinajstić information content (AvgIpc) is 2.39. The maximum Gasteiger partial charge on any atom is 0.409 e. The Morgan fingerprint density at radius 3 is 2.50 bits per heavy atom. The summed E-state index contributed by atoms with van der Waals surface area (Å²) in [7, 11) is 1.43. The highest BCUT2D eigenvalue weighted by molar-refractivity contribution is 5.68. The molecule has 0 atom stereocenters. The van der Waals surface area contributed by atoms with Crippen molar-refractivity contribution >= 4 is 6.09 Å². The number of nitrogens with zero attached hydrogens (tertiary/aromatic N) is 1. The van der Waals surface area contributed by atoms with Crippen molar-refractivity contribution in [3.63, 3.8) is 0 Å². The first kappa shape index (κ1) is 14.6. The minimum Gasteiger partial charge on any atom is -0.453 e. The van der Waals surface area contributed by atoms with Crippen LogP contribution in [0.4, 0.5) is 4.79 Å². The van der Waals surface area contributed by atoms with Crippen molar-refractivity contribution in [2.45, 2.75) is 39.7 Å². The predicted molar refractivity (Wildman–Crippen MR) is 73.6 cm³/mol. The number of hydrogen-bond donors (Lipinski definition) is 0. The second-order valence-electron chi connectivity index (χ2n) is 4.87. The van der Waals surface area contributed by atoms with E-state index in [-0.39, 0.29) is 11.5 Å². The molecule has 18 heavy (non-hydrogen) atoms. The standard InChI is InChI=1S/C13H17NO2.C2H6/c1-13(2)9-14(12(15)16-3)8-10-6-4-5-7-11(10)13;1-2/h4-7H,8-9H2,1-3H3;1-2H3. The molecule has 1 aliphatic heterocycles. The van der Waals surface area contributed by atoms with Crippen molar-refractivity contribution in [2.24, 2.45) is 0 Å². The lowest BCUT2D eigenvalue weighted by Crippen LogP contribution is -2.44. The molecule has 0 saturated heterocycles. The van der Waals surface area contributed by atoms with Gasteiger partial charge in [-0.05, 0) is 11.1 Å². The quantitative estimate of drug-likeness (QED) is 0.703. The van der Waals surface area contributed by atoms with Gasteiger partial charge in [0.2, 0.25) is 0 Å². The molecule has 1 aromatic rings. The van der Waals surface area contributed by atoms with Crippen molar-refractivity contribution in [3.8, 4) is 0 Å². The van der Waals surface area contributed by atoms with Gasteiger partial charge in [-0.3, -0.25) is 0 Å². The molecule has 0 fully saturated rings. The molecular formula is C15H23NO2. The van der Waals surface area contributed by atoms with Gasteiger partial charge < -0.3 is 9.64 Å². The minimum absolute atomic E-state index is 0.0109. The number of carbonyl (C=O) groups is 1. The Balaban J connectivity index is 0.000000771. The molecule has 0 N–H and O–H groups in total. The molecule has 0 bridgehead atoms. The summed E-state index contributed by atoms with van der Waals surface area (Å²) in [5, 5.41) is 0. The van der Waals surface area contributed by atoms with Crippen LogP contribution < -0.4 is 0 Å². The number of hydrogen-bond acceptors (Lipinski definition) is 2. The lowest BCUT2D eigenvalue weighted by molar-refractivity contribution is 0.106. The van der Waals surface area contributed by atoms with E-state index >= 15 is 0 Å². The predicted octanol–water partition coefficient (Wildman–Crippen LogP) is 3.57. The lowest BCUT2D eigenvalue weighted by atomic mass is 9.78. The summed E-state index contributed by atoms with van der Waals surface area (Å²) in [6.45, 7) is 9.66. The van der Waals surface area contributed by atoms with Crippen molar-refractivity contribution in [2.75, 3.05) is 13.7 Å². The highest BCUT2D eigenvalue weighted by Gasteiger charge is 2.33. The first-order chi connectivity index (χ1) is 8.54. The summed E-state index contributed by atoms with van der Waals surface area (Å²) in [5.74, 6) is 0. The zero-order chi connectivity index (χ0) is 13.8. The number of fused-ring (bicyclic) bond motifs is 1. The Morgan fingerprint density at radius 1 is 1.28 bits per heavy atom. The van der Waals surface area contributed by atoms with Gasteiger partial charge in [-0.1, -0.05) is 52.0 Å². The zero-order valence-corrected chi connectivity index (χ0v) is 12.0. The summed E-state index contributed by atoms with van der Waals surface area (Å²) >= 11 is 0. The number of benzene rings is 1. The second kappa shape index (κ2) is 5.89. The highest BCUT2D eigenvalue weighted by atomic mass is 16.5. The summed E-state index contributed by atoms with van der Waals surface area (Å²) in [6, 6.07) is 8.28. The van der Waals surface area contributed by atoms with E-state index in [0.717, 1.165) is 0 Å². The van der Waals surface area contributed by atoms with Crippen LogP contribution in [0.3, 0.4) is 0 Å². The number of rotatable bonds is 0. The summed E-state index contributed by atoms with van der Waals surface area (Å²) in [6.07, 6.45) is -0.248. The second-order valence-corrected chi connectivity index (χ2v) is 4.87. The third-order valence-corrected chi connectivity index (χ3v) is 3.13. The van der Waals surface area contributed by atoms with Crippen LogP contribution >= 0.6 is 0 Å². The number of carbonyl (C=O) groups excluding carboxylic acids is 1. The van der Waals surface area contributed by atoms with Gasteiger partial charge in [0, 0.05) is 18.5 Å². The van der Waals surface area contributed by atoms with Crippen LogP contribution in [0.2, 0.25) is 0 Å². The van der Waals surface area contributed by atoms with Gasteiger partial charge in [0.05, 0.1) is 7.11 Å². The highest BCUT2D eigenvalue weighted by Crippen LogP contribution is 2.33. The fraction of sp³-hybridized carbons (Fsp3) is 0.533. The Kier molecular flexibility index (Phi) is 4.76. The number of amides is 1. The SMILES string of the molecule is CC.COC(=O)N1Cc2ccccc2C(C)(C)C1. The molecule has 100 valence electrons. The maximum atomic E-state index is 11.6. The van der Waals surface area contributed by atoms with Gasteiger partial charge in [-0.25, -0.2) is 4.79 Å². The van der Waals surface area contributed by atoms with Gasteiger partial charge in [-0.15, -0.1) is 0 Å². The van der Waals surface area contributed by atoms with Gasteiger partial charge >= 0.3 is 6.09 Å². The molecule has 1 amide bonds. The van der Waals surface area contributed by atoms with Crippen molar-refractivity contribution in [3.05, 3.63) is 35.4 Å². The van der Waals surface area contributed by atoms with E-state index in [1.54, 1.807) is 4.90 Å². The van der Waals surface area contributed by atoms with E-state index in [2.05, 4.69) is 26.0 Å². The van der Waals surface area contributed by atoms with Crippen LogP contribution in [-0.2, 0) is 16.7 Å². The smallest absolute Gasteiger partial charge is 0.409 e. The zero-order valence-electron chi connectivity index (χ0n) is 12.0. The molecule has 0 spiro atoms. The Morgan fingerprint density at radius 2 is 1.89 bits per heavy atom. The fourth-order valence-electron chi connectivity index (χ4n) is 2.40. The average molecular weight is 249 g/mol. The van der Waals surface area contributed by atoms with Crippen LogP contribution in [0.15, 0.2) is 24.3 Å². The first-order valence-electron chi connectivity index (χ1n) is 6.46. The third-order valence-electron chi connectivity index (χ3n) is 3.13.